The topological polar surface area (TPSA) is 38.3 Å². The fourth-order valence-corrected chi connectivity index (χ4v) is 2.38. The second-order valence-corrected chi connectivity index (χ2v) is 6.62. The van der Waals surface area contributed by atoms with Crippen LogP contribution < -0.4 is 5.32 Å². The Morgan fingerprint density at radius 1 is 1.00 bits per heavy atom. The van der Waals surface area contributed by atoms with E-state index in [0.29, 0.717) is 13.0 Å². The first-order chi connectivity index (χ1) is 10.9. The van der Waals surface area contributed by atoms with Crippen molar-refractivity contribution in [2.24, 2.45) is 0 Å². The molecule has 0 aliphatic carbocycles. The predicted molar refractivity (Wildman–Crippen MR) is 92.9 cm³/mol. The van der Waals surface area contributed by atoms with E-state index in [0.717, 1.165) is 5.56 Å². The highest BCUT2D eigenvalue weighted by Gasteiger charge is 2.21. The molecule has 0 fully saturated rings. The molecule has 0 saturated carbocycles. The molecule has 2 aromatic rings. The van der Waals surface area contributed by atoms with Crippen LogP contribution in [0.1, 0.15) is 44.4 Å². The molecule has 0 bridgehead atoms. The number of rotatable bonds is 6. The molecular formula is C20H25NO2. The molecular weight excluding hydrogens is 286 g/mol. The van der Waals surface area contributed by atoms with Gasteiger partial charge in [-0.15, -0.1) is 0 Å². The molecule has 0 aliphatic rings. The average molecular weight is 311 g/mol. The van der Waals surface area contributed by atoms with E-state index in [9.17, 15) is 4.79 Å². The van der Waals surface area contributed by atoms with Gasteiger partial charge in [0.25, 0.3) is 0 Å². The van der Waals surface area contributed by atoms with Crippen molar-refractivity contribution < 1.29 is 9.53 Å². The maximum absolute atomic E-state index is 12.2. The molecule has 3 nitrogen and oxygen atoms in total. The maximum Gasteiger partial charge on any atom is 0.308 e. The van der Waals surface area contributed by atoms with Crippen molar-refractivity contribution in [3.05, 3.63) is 71.8 Å². The van der Waals surface area contributed by atoms with Gasteiger partial charge in [-0.2, -0.15) is 0 Å². The Morgan fingerprint density at radius 3 is 2.13 bits per heavy atom. The minimum Gasteiger partial charge on any atom is -0.460 e. The summed E-state index contributed by atoms with van der Waals surface area (Å²) in [6.45, 7) is 6.38. The molecule has 0 aromatic heterocycles. The number of carbonyl (C=O) groups is 1. The van der Waals surface area contributed by atoms with Gasteiger partial charge >= 0.3 is 5.97 Å². The number of benzene rings is 2. The van der Waals surface area contributed by atoms with E-state index in [1.54, 1.807) is 0 Å². The number of hydrogen-bond acceptors (Lipinski definition) is 3. The van der Waals surface area contributed by atoms with Crippen LogP contribution in [0.3, 0.4) is 0 Å². The van der Waals surface area contributed by atoms with E-state index in [-0.39, 0.29) is 12.0 Å². The summed E-state index contributed by atoms with van der Waals surface area (Å²) in [5, 5.41) is 3.47. The summed E-state index contributed by atoms with van der Waals surface area (Å²) in [5.41, 5.74) is 1.82. The maximum atomic E-state index is 12.2. The van der Waals surface area contributed by atoms with E-state index in [4.69, 9.17) is 4.74 Å². The summed E-state index contributed by atoms with van der Waals surface area (Å²) >= 11 is 0. The van der Waals surface area contributed by atoms with Gasteiger partial charge in [0.1, 0.15) is 5.60 Å². The molecule has 1 N–H and O–H groups in total. The second-order valence-electron chi connectivity index (χ2n) is 6.62. The third kappa shape index (κ3) is 6.25. The smallest absolute Gasteiger partial charge is 0.308 e. The number of ether oxygens (including phenoxy) is 1. The summed E-state index contributed by atoms with van der Waals surface area (Å²) in [4.78, 5) is 12.2. The van der Waals surface area contributed by atoms with Crippen LogP contribution in [-0.2, 0) is 16.1 Å². The van der Waals surface area contributed by atoms with Crippen LogP contribution in [0.15, 0.2) is 60.7 Å². The molecule has 0 unspecified atom stereocenters. The molecule has 0 heterocycles. The zero-order chi connectivity index (χ0) is 16.7. The molecule has 1 atom stereocenters. The Morgan fingerprint density at radius 2 is 1.57 bits per heavy atom. The van der Waals surface area contributed by atoms with E-state index in [1.807, 2.05) is 69.3 Å². The molecule has 0 aliphatic heterocycles. The van der Waals surface area contributed by atoms with Gasteiger partial charge in [0.05, 0.1) is 6.42 Å². The lowest BCUT2D eigenvalue weighted by atomic mass is 10.0. The Bertz CT molecular complexity index is 603. The van der Waals surface area contributed by atoms with Crippen LogP contribution >= 0.6 is 0 Å². The van der Waals surface area contributed by atoms with Gasteiger partial charge in [-0.3, -0.25) is 4.79 Å². The summed E-state index contributed by atoms with van der Waals surface area (Å²) in [6.07, 6.45) is 0.314. The summed E-state index contributed by atoms with van der Waals surface area (Å²) in [5.74, 6) is -0.188. The van der Waals surface area contributed by atoms with Crippen molar-refractivity contribution >= 4 is 5.97 Å². The zero-order valence-corrected chi connectivity index (χ0v) is 14.1. The molecule has 23 heavy (non-hydrogen) atoms. The van der Waals surface area contributed by atoms with Gasteiger partial charge in [0, 0.05) is 12.6 Å². The molecule has 0 radical (unpaired) electrons. The number of carbonyl (C=O) groups excluding carboxylic acids is 1. The summed E-state index contributed by atoms with van der Waals surface area (Å²) in [6, 6.07) is 20.1. The highest BCUT2D eigenvalue weighted by Crippen LogP contribution is 2.20. The fourth-order valence-electron chi connectivity index (χ4n) is 2.38. The number of hydrogen-bond donors (Lipinski definition) is 1. The second kappa shape index (κ2) is 7.93. The van der Waals surface area contributed by atoms with E-state index >= 15 is 0 Å². The van der Waals surface area contributed by atoms with Crippen molar-refractivity contribution in [1.82, 2.24) is 5.32 Å². The van der Waals surface area contributed by atoms with Crippen LogP contribution in [0, 0.1) is 0 Å². The summed E-state index contributed by atoms with van der Waals surface area (Å²) in [7, 11) is 0. The predicted octanol–water partition coefficient (Wildman–Crippen LogP) is 4.25. The van der Waals surface area contributed by atoms with Crippen molar-refractivity contribution in [2.45, 2.75) is 45.4 Å². The highest BCUT2D eigenvalue weighted by atomic mass is 16.6. The van der Waals surface area contributed by atoms with Crippen LogP contribution in [0.2, 0.25) is 0 Å². The largest absolute Gasteiger partial charge is 0.460 e. The van der Waals surface area contributed by atoms with Gasteiger partial charge in [0.2, 0.25) is 0 Å². The first kappa shape index (κ1) is 17.2. The molecule has 0 spiro atoms. The lowest BCUT2D eigenvalue weighted by Crippen LogP contribution is -2.29. The molecule has 122 valence electrons. The van der Waals surface area contributed by atoms with E-state index in [2.05, 4.69) is 17.4 Å². The van der Waals surface area contributed by atoms with E-state index in [1.165, 1.54) is 5.56 Å². The zero-order valence-electron chi connectivity index (χ0n) is 14.1. The normalized spacial score (nSPS) is 12.7. The Hall–Kier alpha value is -2.13. The van der Waals surface area contributed by atoms with Gasteiger partial charge < -0.3 is 10.1 Å². The standard InChI is InChI=1S/C20H25NO2/c1-20(2,3)23-19(22)14-18(17-12-8-5-9-13-17)21-15-16-10-6-4-7-11-16/h4-13,18,21H,14-15H2,1-3H3/t18-/m1/s1. The van der Waals surface area contributed by atoms with Gasteiger partial charge in [-0.25, -0.2) is 0 Å². The van der Waals surface area contributed by atoms with Crippen LogP contribution in [0.5, 0.6) is 0 Å². The van der Waals surface area contributed by atoms with Crippen LogP contribution in [0.25, 0.3) is 0 Å². The van der Waals surface area contributed by atoms with Crippen LogP contribution in [0.4, 0.5) is 0 Å². The lowest BCUT2D eigenvalue weighted by Gasteiger charge is -2.23. The Labute approximate surface area is 138 Å². The lowest BCUT2D eigenvalue weighted by molar-refractivity contribution is -0.155. The van der Waals surface area contributed by atoms with Crippen molar-refractivity contribution in [3.8, 4) is 0 Å². The minimum absolute atomic E-state index is 0.0637. The third-order valence-electron chi connectivity index (χ3n) is 3.39. The van der Waals surface area contributed by atoms with Crippen LogP contribution in [-0.4, -0.2) is 11.6 Å². The SMILES string of the molecule is CC(C)(C)OC(=O)C[C@@H](NCc1ccccc1)c1ccccc1. The Balaban J connectivity index is 2.05. The molecule has 3 heteroatoms. The van der Waals surface area contributed by atoms with E-state index < -0.39 is 5.60 Å². The van der Waals surface area contributed by atoms with Crippen molar-refractivity contribution in [3.63, 3.8) is 0 Å². The first-order valence-electron chi connectivity index (χ1n) is 7.98. The molecule has 2 aromatic carbocycles. The minimum atomic E-state index is -0.461. The first-order valence-corrected chi connectivity index (χ1v) is 7.98. The van der Waals surface area contributed by atoms with Gasteiger partial charge in [-0.05, 0) is 31.9 Å². The molecule has 0 amide bonds. The van der Waals surface area contributed by atoms with Gasteiger partial charge in [-0.1, -0.05) is 60.7 Å². The molecule has 2 rings (SSSR count). The number of nitrogens with one attached hydrogen (secondary N) is 1. The van der Waals surface area contributed by atoms with Crippen molar-refractivity contribution in [1.29, 1.82) is 0 Å². The third-order valence-corrected chi connectivity index (χ3v) is 3.39. The van der Waals surface area contributed by atoms with Gasteiger partial charge in [0.15, 0.2) is 0 Å². The highest BCUT2D eigenvalue weighted by molar-refractivity contribution is 5.71. The number of esters is 1. The van der Waals surface area contributed by atoms with Crippen molar-refractivity contribution in [2.75, 3.05) is 0 Å². The Kier molecular flexibility index (Phi) is 5.94. The summed E-state index contributed by atoms with van der Waals surface area (Å²) < 4.78 is 5.46. The molecule has 0 saturated heterocycles. The quantitative estimate of drug-likeness (QED) is 0.811. The average Bonchev–Trinajstić information content (AvgIpc) is 2.51. The monoisotopic (exact) mass is 311 g/mol. The fraction of sp³-hybridized carbons (Fsp3) is 0.350.